The largest absolute Gasteiger partial charge is 0.126 e. The van der Waals surface area contributed by atoms with E-state index < -0.39 is 0 Å². The van der Waals surface area contributed by atoms with Crippen LogP contribution in [0.1, 0.15) is 0 Å². The van der Waals surface area contributed by atoms with Gasteiger partial charge in [0.2, 0.25) is 0 Å². The van der Waals surface area contributed by atoms with Crippen molar-refractivity contribution in [2.75, 3.05) is 5.75 Å². The van der Waals surface area contributed by atoms with Gasteiger partial charge in [0.05, 0.1) is 0 Å². The van der Waals surface area contributed by atoms with E-state index in [4.69, 9.17) is 0 Å². The van der Waals surface area contributed by atoms with Gasteiger partial charge >= 0.3 is 0 Å². The molecule has 1 aromatic rings. The van der Waals surface area contributed by atoms with Crippen LogP contribution in [0.5, 0.6) is 0 Å². The Morgan fingerprint density at radius 1 is 1.20 bits per heavy atom. The van der Waals surface area contributed by atoms with Crippen molar-refractivity contribution in [2.24, 2.45) is 0 Å². The molecule has 0 spiro atoms. The normalized spacial score (nSPS) is 10.0. The predicted molar refractivity (Wildman–Crippen MR) is 51.9 cm³/mol. The molecule has 0 radical (unpaired) electrons. The molecule has 0 unspecified atom stereocenters. The zero-order chi connectivity index (χ0) is 7.23. The fourth-order valence-corrected chi connectivity index (χ4v) is 2.14. The summed E-state index contributed by atoms with van der Waals surface area (Å²) >= 11 is 1.96. The average molecular weight is 168 g/mol. The Balaban J connectivity index is 2.43. The number of hydrogen-bond donors (Lipinski definition) is 0. The Morgan fingerprint density at radius 2 is 1.90 bits per heavy atom. The molecule has 0 aliphatic heterocycles. The third-order valence-electron chi connectivity index (χ3n) is 1.22. The molecule has 0 saturated carbocycles. The average Bonchev–Trinajstić information content (AvgIpc) is 2.03. The molecule has 0 heterocycles. The molecule has 1 rings (SSSR count). The molecule has 2 heteroatoms. The van der Waals surface area contributed by atoms with E-state index in [1.165, 1.54) is 26.9 Å². The van der Waals surface area contributed by atoms with Crippen molar-refractivity contribution in [3.8, 4) is 0 Å². The summed E-state index contributed by atoms with van der Waals surface area (Å²) in [5.41, 5.74) is 0. The van der Waals surface area contributed by atoms with Crippen LogP contribution in [-0.2, 0) is 0 Å². The molecule has 0 bridgehead atoms. The summed E-state index contributed by atoms with van der Waals surface area (Å²) in [5.74, 6) is 1.29. The molecule has 0 aliphatic rings. The number of hydrogen-bond acceptors (Lipinski definition) is 1. The molecule has 0 saturated heterocycles. The first-order valence-electron chi connectivity index (χ1n) is 3.61. The number of rotatable bonds is 3. The third kappa shape index (κ3) is 2.58. The van der Waals surface area contributed by atoms with Gasteiger partial charge < -0.3 is 0 Å². The maximum absolute atomic E-state index is 2.17. The maximum Gasteiger partial charge on any atom is 0.00718 e. The molecule has 0 nitrogen and oxygen atoms in total. The minimum Gasteiger partial charge on any atom is -0.126 e. The SMILES string of the molecule is [SiH3]CCSc1ccccc1. The lowest BCUT2D eigenvalue weighted by Gasteiger charge is -1.96. The van der Waals surface area contributed by atoms with Crippen molar-refractivity contribution in [3.63, 3.8) is 0 Å². The second kappa shape index (κ2) is 4.58. The highest BCUT2D eigenvalue weighted by Crippen LogP contribution is 2.16. The van der Waals surface area contributed by atoms with Crippen molar-refractivity contribution in [3.05, 3.63) is 30.3 Å². The highest BCUT2D eigenvalue weighted by Gasteiger charge is 1.87. The lowest BCUT2D eigenvalue weighted by Crippen LogP contribution is -1.75. The Hall–Kier alpha value is -0.213. The summed E-state index contributed by atoms with van der Waals surface area (Å²) in [6.45, 7) is 0. The first kappa shape index (κ1) is 7.89. The van der Waals surface area contributed by atoms with Gasteiger partial charge in [0, 0.05) is 15.1 Å². The minimum absolute atomic E-state index is 1.29. The van der Waals surface area contributed by atoms with Gasteiger partial charge in [0.1, 0.15) is 0 Å². The van der Waals surface area contributed by atoms with Crippen LogP contribution in [0.15, 0.2) is 35.2 Å². The van der Waals surface area contributed by atoms with Crippen LogP contribution < -0.4 is 0 Å². The van der Waals surface area contributed by atoms with Gasteiger partial charge in [0.25, 0.3) is 0 Å². The van der Waals surface area contributed by atoms with Gasteiger partial charge in [0.15, 0.2) is 0 Å². The van der Waals surface area contributed by atoms with Crippen LogP contribution in [0, 0.1) is 0 Å². The van der Waals surface area contributed by atoms with Crippen molar-refractivity contribution in [1.29, 1.82) is 0 Å². The summed E-state index contributed by atoms with van der Waals surface area (Å²) in [5, 5.41) is 0. The molecule has 0 fully saturated rings. The molecular weight excluding hydrogens is 156 g/mol. The van der Waals surface area contributed by atoms with Gasteiger partial charge in [-0.1, -0.05) is 24.2 Å². The molecule has 0 aromatic heterocycles. The molecule has 0 N–H and O–H groups in total. The molecule has 0 amide bonds. The molecule has 1 aromatic carbocycles. The highest BCUT2D eigenvalue weighted by molar-refractivity contribution is 7.99. The lowest BCUT2D eigenvalue weighted by atomic mass is 10.4. The van der Waals surface area contributed by atoms with Crippen LogP contribution >= 0.6 is 11.8 Å². The summed E-state index contributed by atoms with van der Waals surface area (Å²) in [6, 6.07) is 12.0. The van der Waals surface area contributed by atoms with Crippen molar-refractivity contribution in [2.45, 2.75) is 10.9 Å². The zero-order valence-corrected chi connectivity index (χ0v) is 9.03. The molecule has 0 aliphatic carbocycles. The summed E-state index contributed by atoms with van der Waals surface area (Å²) in [6.07, 6.45) is 0. The molecule has 54 valence electrons. The van der Waals surface area contributed by atoms with E-state index in [9.17, 15) is 0 Å². The van der Waals surface area contributed by atoms with E-state index in [1.54, 1.807) is 0 Å². The Labute approximate surface area is 69.5 Å². The van der Waals surface area contributed by atoms with Gasteiger partial charge in [-0.3, -0.25) is 0 Å². The van der Waals surface area contributed by atoms with Gasteiger partial charge in [-0.2, -0.15) is 0 Å². The van der Waals surface area contributed by atoms with E-state index in [2.05, 4.69) is 30.3 Å². The second-order valence-corrected chi connectivity index (χ2v) is 4.33. The highest BCUT2D eigenvalue weighted by atomic mass is 32.2. The Morgan fingerprint density at radius 3 is 2.50 bits per heavy atom. The van der Waals surface area contributed by atoms with Crippen LogP contribution in [0.3, 0.4) is 0 Å². The summed E-state index contributed by atoms with van der Waals surface area (Å²) in [4.78, 5) is 1.40. The van der Waals surface area contributed by atoms with Crippen LogP contribution in [0.2, 0.25) is 6.04 Å². The van der Waals surface area contributed by atoms with E-state index in [1.807, 2.05) is 11.8 Å². The molecule has 0 atom stereocenters. The number of benzene rings is 1. The first-order valence-corrected chi connectivity index (χ1v) is 6.01. The van der Waals surface area contributed by atoms with E-state index >= 15 is 0 Å². The topological polar surface area (TPSA) is 0 Å². The van der Waals surface area contributed by atoms with Gasteiger partial charge in [-0.15, -0.1) is 11.8 Å². The van der Waals surface area contributed by atoms with Gasteiger partial charge in [-0.05, 0) is 17.9 Å². The fourth-order valence-electron chi connectivity index (χ4n) is 0.737. The minimum atomic E-state index is 1.29. The van der Waals surface area contributed by atoms with Crippen LogP contribution in [-0.4, -0.2) is 16.0 Å². The van der Waals surface area contributed by atoms with E-state index in [-0.39, 0.29) is 0 Å². The monoisotopic (exact) mass is 168 g/mol. The van der Waals surface area contributed by atoms with E-state index in [0.29, 0.717) is 0 Å². The lowest BCUT2D eigenvalue weighted by molar-refractivity contribution is 1.42. The third-order valence-corrected chi connectivity index (χ3v) is 3.66. The summed E-state index contributed by atoms with van der Waals surface area (Å²) < 4.78 is 0. The first-order chi connectivity index (χ1) is 4.93. The standard InChI is InChI=1S/C8H12SSi/c10-7-6-9-8-4-2-1-3-5-8/h1-5H,6-7H2,10H3. The number of thioether (sulfide) groups is 1. The maximum atomic E-state index is 2.17. The second-order valence-electron chi connectivity index (χ2n) is 2.16. The van der Waals surface area contributed by atoms with Gasteiger partial charge in [-0.25, -0.2) is 0 Å². The quantitative estimate of drug-likeness (QED) is 0.487. The predicted octanol–water partition coefficient (Wildman–Crippen LogP) is 1.56. The van der Waals surface area contributed by atoms with Crippen molar-refractivity contribution < 1.29 is 0 Å². The van der Waals surface area contributed by atoms with Crippen molar-refractivity contribution >= 4 is 22.0 Å². The van der Waals surface area contributed by atoms with Crippen molar-refractivity contribution in [1.82, 2.24) is 0 Å². The Bertz CT molecular complexity index is 174. The van der Waals surface area contributed by atoms with Crippen LogP contribution in [0.25, 0.3) is 0 Å². The zero-order valence-electron chi connectivity index (χ0n) is 6.21. The summed E-state index contributed by atoms with van der Waals surface area (Å²) in [7, 11) is 1.33. The molecular formula is C8H12SSi. The van der Waals surface area contributed by atoms with E-state index in [0.717, 1.165) is 0 Å². The fraction of sp³-hybridized carbons (Fsp3) is 0.250. The molecule has 10 heavy (non-hydrogen) atoms. The smallest absolute Gasteiger partial charge is 0.00718 e. The van der Waals surface area contributed by atoms with Crippen LogP contribution in [0.4, 0.5) is 0 Å². The Kier molecular flexibility index (Phi) is 3.61.